The van der Waals surface area contributed by atoms with E-state index in [0.29, 0.717) is 12.2 Å². The first-order valence-corrected chi connectivity index (χ1v) is 8.21. The first kappa shape index (κ1) is 14.0. The molecule has 2 atom stereocenters. The lowest BCUT2D eigenvalue weighted by atomic mass is 10.1. The van der Waals surface area contributed by atoms with E-state index in [0.717, 1.165) is 6.42 Å². The SMILES string of the molecule is CCCCCC[C@H](C)O[C@H]1CCS(=O)(=O)C1. The van der Waals surface area contributed by atoms with Crippen molar-refractivity contribution in [3.63, 3.8) is 0 Å². The second kappa shape index (κ2) is 6.60. The fraction of sp³-hybridized carbons (Fsp3) is 1.00. The van der Waals surface area contributed by atoms with Crippen molar-refractivity contribution in [3.8, 4) is 0 Å². The van der Waals surface area contributed by atoms with Crippen molar-refractivity contribution in [3.05, 3.63) is 0 Å². The summed E-state index contributed by atoms with van der Waals surface area (Å²) in [5.41, 5.74) is 0. The topological polar surface area (TPSA) is 43.4 Å². The van der Waals surface area contributed by atoms with E-state index in [1.54, 1.807) is 0 Å². The third kappa shape index (κ3) is 5.30. The van der Waals surface area contributed by atoms with E-state index >= 15 is 0 Å². The molecule has 0 bridgehead atoms. The molecule has 0 aromatic heterocycles. The third-order valence-corrected chi connectivity index (χ3v) is 4.82. The Morgan fingerprint density at radius 3 is 2.62 bits per heavy atom. The fourth-order valence-electron chi connectivity index (χ4n) is 2.12. The molecule has 0 spiro atoms. The van der Waals surface area contributed by atoms with E-state index in [9.17, 15) is 8.42 Å². The van der Waals surface area contributed by atoms with Crippen LogP contribution in [-0.2, 0) is 14.6 Å². The van der Waals surface area contributed by atoms with Crippen molar-refractivity contribution in [1.82, 2.24) is 0 Å². The summed E-state index contributed by atoms with van der Waals surface area (Å²) in [6.45, 7) is 4.25. The van der Waals surface area contributed by atoms with Crippen LogP contribution in [0, 0.1) is 0 Å². The second-order valence-electron chi connectivity index (χ2n) is 4.82. The minimum absolute atomic E-state index is 0.0498. The van der Waals surface area contributed by atoms with Crippen LogP contribution in [0.25, 0.3) is 0 Å². The zero-order valence-electron chi connectivity index (χ0n) is 10.4. The molecule has 0 radical (unpaired) electrons. The lowest BCUT2D eigenvalue weighted by Gasteiger charge is -2.17. The first-order chi connectivity index (χ1) is 7.53. The van der Waals surface area contributed by atoms with Crippen LogP contribution in [0.4, 0.5) is 0 Å². The monoisotopic (exact) mass is 248 g/mol. The molecule has 0 N–H and O–H groups in total. The molecule has 4 heteroatoms. The zero-order chi connectivity index (χ0) is 12.0. The van der Waals surface area contributed by atoms with Crippen molar-refractivity contribution in [1.29, 1.82) is 0 Å². The highest BCUT2D eigenvalue weighted by molar-refractivity contribution is 7.91. The first-order valence-electron chi connectivity index (χ1n) is 6.39. The maximum Gasteiger partial charge on any atom is 0.152 e. The summed E-state index contributed by atoms with van der Waals surface area (Å²) in [5, 5.41) is 0. The Labute approximate surface area is 99.5 Å². The molecule has 1 rings (SSSR count). The number of unbranched alkanes of at least 4 members (excludes halogenated alkanes) is 3. The summed E-state index contributed by atoms with van der Waals surface area (Å²) < 4.78 is 28.2. The predicted molar refractivity (Wildman–Crippen MR) is 66.4 cm³/mol. The average molecular weight is 248 g/mol. The van der Waals surface area contributed by atoms with Gasteiger partial charge in [0.2, 0.25) is 0 Å². The molecule has 1 fully saturated rings. The van der Waals surface area contributed by atoms with Gasteiger partial charge >= 0.3 is 0 Å². The van der Waals surface area contributed by atoms with Crippen molar-refractivity contribution >= 4 is 9.84 Å². The summed E-state index contributed by atoms with van der Waals surface area (Å²) >= 11 is 0. The minimum Gasteiger partial charge on any atom is -0.374 e. The summed E-state index contributed by atoms with van der Waals surface area (Å²) in [6.07, 6.45) is 6.86. The Morgan fingerprint density at radius 1 is 1.31 bits per heavy atom. The van der Waals surface area contributed by atoms with Gasteiger partial charge in [0.05, 0.1) is 23.7 Å². The van der Waals surface area contributed by atoms with Crippen LogP contribution in [0.15, 0.2) is 0 Å². The van der Waals surface area contributed by atoms with Gasteiger partial charge in [0.1, 0.15) is 0 Å². The Bertz CT molecular complexity index is 285. The molecule has 16 heavy (non-hydrogen) atoms. The van der Waals surface area contributed by atoms with Crippen LogP contribution < -0.4 is 0 Å². The third-order valence-electron chi connectivity index (χ3n) is 3.08. The number of hydrogen-bond donors (Lipinski definition) is 0. The van der Waals surface area contributed by atoms with Crippen molar-refractivity contribution < 1.29 is 13.2 Å². The molecule has 1 saturated heterocycles. The summed E-state index contributed by atoms with van der Waals surface area (Å²) in [7, 11) is -2.80. The quantitative estimate of drug-likeness (QED) is 0.650. The smallest absolute Gasteiger partial charge is 0.152 e. The van der Waals surface area contributed by atoms with Gasteiger partial charge in [0.15, 0.2) is 9.84 Å². The van der Waals surface area contributed by atoms with Crippen LogP contribution in [0.3, 0.4) is 0 Å². The molecule has 0 aromatic carbocycles. The highest BCUT2D eigenvalue weighted by Gasteiger charge is 2.29. The lowest BCUT2D eigenvalue weighted by molar-refractivity contribution is 0.00715. The van der Waals surface area contributed by atoms with Gasteiger partial charge in [-0.1, -0.05) is 32.6 Å². The average Bonchev–Trinajstić information content (AvgIpc) is 2.53. The van der Waals surface area contributed by atoms with Gasteiger partial charge in [-0.3, -0.25) is 0 Å². The summed E-state index contributed by atoms with van der Waals surface area (Å²) in [5.74, 6) is 0.534. The maximum atomic E-state index is 11.2. The van der Waals surface area contributed by atoms with Crippen LogP contribution in [0.5, 0.6) is 0 Å². The molecule has 0 aliphatic carbocycles. The predicted octanol–water partition coefficient (Wildman–Crippen LogP) is 2.55. The van der Waals surface area contributed by atoms with Crippen LogP contribution in [0.1, 0.15) is 52.4 Å². The van der Waals surface area contributed by atoms with Gasteiger partial charge in [-0.2, -0.15) is 0 Å². The van der Waals surface area contributed by atoms with Gasteiger partial charge in [0, 0.05) is 0 Å². The van der Waals surface area contributed by atoms with E-state index in [4.69, 9.17) is 4.74 Å². The molecule has 96 valence electrons. The molecule has 0 unspecified atom stereocenters. The van der Waals surface area contributed by atoms with Gasteiger partial charge in [-0.15, -0.1) is 0 Å². The molecule has 1 aliphatic heterocycles. The van der Waals surface area contributed by atoms with Crippen molar-refractivity contribution in [2.24, 2.45) is 0 Å². The van der Waals surface area contributed by atoms with Gasteiger partial charge in [-0.25, -0.2) is 8.42 Å². The summed E-state index contributed by atoms with van der Waals surface area (Å²) in [4.78, 5) is 0. The largest absolute Gasteiger partial charge is 0.374 e. The Morgan fingerprint density at radius 2 is 2.06 bits per heavy atom. The van der Waals surface area contributed by atoms with E-state index < -0.39 is 9.84 Å². The second-order valence-corrected chi connectivity index (χ2v) is 7.05. The van der Waals surface area contributed by atoms with Crippen LogP contribution >= 0.6 is 0 Å². The Hall–Kier alpha value is -0.0900. The zero-order valence-corrected chi connectivity index (χ0v) is 11.3. The molecular formula is C12H24O3S. The fourth-order valence-corrected chi connectivity index (χ4v) is 3.72. The standard InChI is InChI=1S/C12H24O3S/c1-3-4-5-6-7-11(2)15-12-8-9-16(13,14)10-12/h11-12H,3-10H2,1-2H3/t11-,12-/m0/s1. The number of sulfone groups is 1. The number of hydrogen-bond acceptors (Lipinski definition) is 3. The van der Waals surface area contributed by atoms with Gasteiger partial charge < -0.3 is 4.74 Å². The molecule has 0 saturated carbocycles. The molecule has 0 aromatic rings. The maximum absolute atomic E-state index is 11.2. The van der Waals surface area contributed by atoms with Crippen LogP contribution in [-0.4, -0.2) is 32.1 Å². The number of ether oxygens (including phenoxy) is 1. The van der Waals surface area contributed by atoms with Crippen molar-refractivity contribution in [2.75, 3.05) is 11.5 Å². The van der Waals surface area contributed by atoms with E-state index in [1.165, 1.54) is 25.7 Å². The normalized spacial score (nSPS) is 25.8. The molecule has 1 aliphatic rings. The van der Waals surface area contributed by atoms with Crippen LogP contribution in [0.2, 0.25) is 0 Å². The van der Waals surface area contributed by atoms with Crippen molar-refractivity contribution in [2.45, 2.75) is 64.6 Å². The highest BCUT2D eigenvalue weighted by Crippen LogP contribution is 2.18. The summed E-state index contributed by atoms with van der Waals surface area (Å²) in [6, 6.07) is 0. The highest BCUT2D eigenvalue weighted by atomic mass is 32.2. The molecular weight excluding hydrogens is 224 g/mol. The molecule has 3 nitrogen and oxygen atoms in total. The van der Waals surface area contributed by atoms with Gasteiger partial charge in [-0.05, 0) is 19.8 Å². The Balaban J connectivity index is 2.13. The molecule has 1 heterocycles. The lowest BCUT2D eigenvalue weighted by Crippen LogP contribution is -2.21. The van der Waals surface area contributed by atoms with E-state index in [1.807, 2.05) is 0 Å². The van der Waals surface area contributed by atoms with E-state index in [-0.39, 0.29) is 18.0 Å². The minimum atomic E-state index is -2.80. The number of rotatable bonds is 7. The van der Waals surface area contributed by atoms with E-state index in [2.05, 4.69) is 13.8 Å². The molecule has 0 amide bonds. The van der Waals surface area contributed by atoms with Gasteiger partial charge in [0.25, 0.3) is 0 Å². The Kier molecular flexibility index (Phi) is 5.76.